The van der Waals surface area contributed by atoms with Gasteiger partial charge in [-0.2, -0.15) is 9.40 Å². The zero-order valence-corrected chi connectivity index (χ0v) is 11.3. The van der Waals surface area contributed by atoms with Crippen molar-refractivity contribution in [3.63, 3.8) is 0 Å². The van der Waals surface area contributed by atoms with E-state index in [1.165, 1.54) is 17.7 Å². The summed E-state index contributed by atoms with van der Waals surface area (Å²) in [4.78, 5) is 3.90. The number of nitrogens with two attached hydrogens (primary N) is 1. The second-order valence-electron chi connectivity index (χ2n) is 4.14. The number of hydrogen-bond donors (Lipinski definition) is 2. The minimum absolute atomic E-state index is 0.135. The van der Waals surface area contributed by atoms with Crippen LogP contribution in [0, 0.1) is 0 Å². The highest BCUT2D eigenvalue weighted by atomic mass is 32.2. The topological polar surface area (TPSA) is 105 Å². The summed E-state index contributed by atoms with van der Waals surface area (Å²) >= 11 is 0. The van der Waals surface area contributed by atoms with Crippen LogP contribution in [-0.2, 0) is 22.3 Å². The van der Waals surface area contributed by atoms with Gasteiger partial charge in [0, 0.05) is 12.7 Å². The van der Waals surface area contributed by atoms with Gasteiger partial charge in [0.2, 0.25) is 10.0 Å². The number of anilines is 1. The molecule has 3 N–H and O–H groups in total. The Morgan fingerprint density at radius 2 is 2.11 bits per heavy atom. The quantitative estimate of drug-likeness (QED) is 0.769. The van der Waals surface area contributed by atoms with Crippen molar-refractivity contribution < 1.29 is 8.42 Å². The Kier molecular flexibility index (Phi) is 3.82. The minimum Gasteiger partial charge on any atom is -0.398 e. The molecule has 8 heteroatoms. The van der Waals surface area contributed by atoms with Crippen molar-refractivity contribution in [3.8, 4) is 0 Å². The fourth-order valence-electron chi connectivity index (χ4n) is 1.59. The molecule has 0 spiro atoms. The van der Waals surface area contributed by atoms with Crippen molar-refractivity contribution in [2.75, 3.05) is 12.8 Å². The van der Waals surface area contributed by atoms with Crippen LogP contribution in [0.3, 0.4) is 0 Å². The van der Waals surface area contributed by atoms with E-state index >= 15 is 0 Å². The number of benzene rings is 1. The van der Waals surface area contributed by atoms with E-state index in [-0.39, 0.29) is 12.3 Å². The lowest BCUT2D eigenvalue weighted by Crippen LogP contribution is -2.28. The molecule has 0 saturated heterocycles. The van der Waals surface area contributed by atoms with E-state index in [1.807, 2.05) is 0 Å². The van der Waals surface area contributed by atoms with Gasteiger partial charge < -0.3 is 5.73 Å². The first kappa shape index (κ1) is 13.5. The standard InChI is InChI=1S/C11H15N5O2S/c1-16(6-11-13-8-14-15-11)19(17,18)7-9-4-2-3-5-10(9)12/h2-5,8H,6-7,12H2,1H3,(H,13,14,15). The van der Waals surface area contributed by atoms with Crippen molar-refractivity contribution in [1.82, 2.24) is 19.5 Å². The predicted molar refractivity (Wildman–Crippen MR) is 71.3 cm³/mol. The van der Waals surface area contributed by atoms with Crippen molar-refractivity contribution in [1.29, 1.82) is 0 Å². The zero-order chi connectivity index (χ0) is 13.9. The Labute approximate surface area is 111 Å². The predicted octanol–water partition coefficient (Wildman–Crippen LogP) is 0.349. The van der Waals surface area contributed by atoms with E-state index in [2.05, 4.69) is 15.2 Å². The highest BCUT2D eigenvalue weighted by Crippen LogP contribution is 2.16. The number of rotatable bonds is 5. The average molecular weight is 281 g/mol. The summed E-state index contributed by atoms with van der Waals surface area (Å²) in [5.74, 6) is 0.358. The van der Waals surface area contributed by atoms with Gasteiger partial charge >= 0.3 is 0 Å². The van der Waals surface area contributed by atoms with Crippen LogP contribution in [0.25, 0.3) is 0 Å². The van der Waals surface area contributed by atoms with E-state index in [9.17, 15) is 8.42 Å². The smallest absolute Gasteiger partial charge is 0.218 e. The summed E-state index contributed by atoms with van der Waals surface area (Å²) in [6, 6.07) is 6.91. The van der Waals surface area contributed by atoms with Gasteiger partial charge in [-0.15, -0.1) is 0 Å². The maximum Gasteiger partial charge on any atom is 0.218 e. The lowest BCUT2D eigenvalue weighted by Gasteiger charge is -2.16. The molecule has 0 saturated carbocycles. The molecule has 7 nitrogen and oxygen atoms in total. The molecule has 2 aromatic rings. The van der Waals surface area contributed by atoms with E-state index in [4.69, 9.17) is 5.73 Å². The van der Waals surface area contributed by atoms with Crippen LogP contribution in [0.2, 0.25) is 0 Å². The monoisotopic (exact) mass is 281 g/mol. The number of aromatic amines is 1. The van der Waals surface area contributed by atoms with Crippen molar-refractivity contribution in [3.05, 3.63) is 42.0 Å². The molecule has 1 aromatic heterocycles. The maximum atomic E-state index is 12.2. The fourth-order valence-corrected chi connectivity index (χ4v) is 2.78. The summed E-state index contributed by atoms with van der Waals surface area (Å²) in [6.45, 7) is 0.148. The molecule has 0 fully saturated rings. The molecule has 1 heterocycles. The molecule has 0 unspecified atom stereocenters. The summed E-state index contributed by atoms with van der Waals surface area (Å²) in [7, 11) is -1.95. The van der Waals surface area contributed by atoms with Crippen molar-refractivity contribution >= 4 is 15.7 Å². The number of hydrogen-bond acceptors (Lipinski definition) is 5. The van der Waals surface area contributed by atoms with Crippen LogP contribution in [-0.4, -0.2) is 35.0 Å². The summed E-state index contributed by atoms with van der Waals surface area (Å²) in [5, 5.41) is 6.30. The number of aromatic nitrogens is 3. The lowest BCUT2D eigenvalue weighted by atomic mass is 10.2. The number of nitrogens with zero attached hydrogens (tertiary/aromatic N) is 3. The molecule has 2 rings (SSSR count). The third-order valence-electron chi connectivity index (χ3n) is 2.71. The van der Waals surface area contributed by atoms with Gasteiger partial charge in [0.25, 0.3) is 0 Å². The molecule has 19 heavy (non-hydrogen) atoms. The Hall–Kier alpha value is -1.93. The molecule has 0 aliphatic carbocycles. The van der Waals surface area contributed by atoms with E-state index < -0.39 is 10.0 Å². The van der Waals surface area contributed by atoms with E-state index in [0.717, 1.165) is 0 Å². The Morgan fingerprint density at radius 1 is 1.37 bits per heavy atom. The lowest BCUT2D eigenvalue weighted by molar-refractivity contribution is 0.456. The van der Waals surface area contributed by atoms with Gasteiger partial charge in [0.1, 0.15) is 12.2 Å². The number of nitrogens with one attached hydrogen (secondary N) is 1. The van der Waals surface area contributed by atoms with Gasteiger partial charge in [-0.1, -0.05) is 18.2 Å². The molecule has 102 valence electrons. The molecule has 0 atom stereocenters. The van der Waals surface area contributed by atoms with Crippen LogP contribution in [0.15, 0.2) is 30.6 Å². The third kappa shape index (κ3) is 3.30. The maximum absolute atomic E-state index is 12.2. The Morgan fingerprint density at radius 3 is 2.74 bits per heavy atom. The first-order chi connectivity index (χ1) is 8.99. The van der Waals surface area contributed by atoms with Crippen LogP contribution in [0.5, 0.6) is 0 Å². The number of para-hydroxylation sites is 1. The number of sulfonamides is 1. The van der Waals surface area contributed by atoms with Gasteiger partial charge in [-0.05, 0) is 11.6 Å². The van der Waals surface area contributed by atoms with Crippen LogP contribution in [0.4, 0.5) is 5.69 Å². The van der Waals surface area contributed by atoms with Crippen LogP contribution in [0.1, 0.15) is 11.4 Å². The second-order valence-corrected chi connectivity index (χ2v) is 6.22. The molecule has 0 aliphatic heterocycles. The Bertz CT molecular complexity index is 639. The normalized spacial score (nSPS) is 11.9. The highest BCUT2D eigenvalue weighted by Gasteiger charge is 2.20. The molecular formula is C11H15N5O2S. The molecule has 0 radical (unpaired) electrons. The Balaban J connectivity index is 2.12. The highest BCUT2D eigenvalue weighted by molar-refractivity contribution is 7.88. The van der Waals surface area contributed by atoms with Gasteiger partial charge in [0.05, 0.1) is 12.3 Å². The molecule has 0 bridgehead atoms. The number of nitrogen functional groups attached to an aromatic ring is 1. The van der Waals surface area contributed by atoms with E-state index in [1.54, 1.807) is 24.3 Å². The fraction of sp³-hybridized carbons (Fsp3) is 0.273. The number of H-pyrrole nitrogens is 1. The average Bonchev–Trinajstić information content (AvgIpc) is 2.84. The van der Waals surface area contributed by atoms with Gasteiger partial charge in [0.15, 0.2) is 0 Å². The summed E-state index contributed by atoms with van der Waals surface area (Å²) in [5.41, 5.74) is 6.81. The second kappa shape index (κ2) is 5.37. The van der Waals surface area contributed by atoms with E-state index in [0.29, 0.717) is 17.1 Å². The van der Waals surface area contributed by atoms with Gasteiger partial charge in [-0.3, -0.25) is 5.10 Å². The SMILES string of the molecule is CN(Cc1ncn[nH]1)S(=O)(=O)Cc1ccccc1N. The summed E-state index contributed by atoms with van der Waals surface area (Å²) in [6.07, 6.45) is 1.34. The van der Waals surface area contributed by atoms with Gasteiger partial charge in [-0.25, -0.2) is 13.4 Å². The van der Waals surface area contributed by atoms with Crippen LogP contribution >= 0.6 is 0 Å². The van der Waals surface area contributed by atoms with Crippen molar-refractivity contribution in [2.24, 2.45) is 0 Å². The first-order valence-corrected chi connectivity index (χ1v) is 7.21. The van der Waals surface area contributed by atoms with Crippen molar-refractivity contribution in [2.45, 2.75) is 12.3 Å². The summed E-state index contributed by atoms with van der Waals surface area (Å²) < 4.78 is 25.6. The molecule has 0 amide bonds. The largest absolute Gasteiger partial charge is 0.398 e. The van der Waals surface area contributed by atoms with Crippen LogP contribution < -0.4 is 5.73 Å². The molecule has 0 aliphatic rings. The first-order valence-electron chi connectivity index (χ1n) is 5.60. The minimum atomic E-state index is -3.45. The zero-order valence-electron chi connectivity index (χ0n) is 10.4. The molecule has 1 aromatic carbocycles. The third-order valence-corrected chi connectivity index (χ3v) is 4.46. The molecular weight excluding hydrogens is 266 g/mol.